The SMILES string of the molecule is C[SiH](C)c1cc2c(Br)cccc2s1. The lowest BCUT2D eigenvalue weighted by atomic mass is 10.3. The third-order valence-corrected chi connectivity index (χ3v) is 6.79. The zero-order chi connectivity index (χ0) is 9.42. The largest absolute Gasteiger partial charge is 0.145 e. The summed E-state index contributed by atoms with van der Waals surface area (Å²) in [6.07, 6.45) is 0. The fraction of sp³-hybridized carbons (Fsp3) is 0.200. The van der Waals surface area contributed by atoms with Gasteiger partial charge in [0, 0.05) is 14.6 Å². The van der Waals surface area contributed by atoms with Gasteiger partial charge in [0.15, 0.2) is 0 Å². The monoisotopic (exact) mass is 270 g/mol. The van der Waals surface area contributed by atoms with Gasteiger partial charge in [0.25, 0.3) is 0 Å². The summed E-state index contributed by atoms with van der Waals surface area (Å²) in [7, 11) is -0.627. The fourth-order valence-electron chi connectivity index (χ4n) is 1.33. The maximum atomic E-state index is 3.58. The molecule has 3 heteroatoms. The van der Waals surface area contributed by atoms with Gasteiger partial charge in [-0.05, 0) is 22.7 Å². The second kappa shape index (κ2) is 3.56. The minimum Gasteiger partial charge on any atom is -0.145 e. The molecule has 0 saturated carbocycles. The highest BCUT2D eigenvalue weighted by atomic mass is 79.9. The summed E-state index contributed by atoms with van der Waals surface area (Å²) in [5.74, 6) is 0. The number of hydrogen-bond donors (Lipinski definition) is 0. The minimum atomic E-state index is -0.627. The normalized spacial score (nSPS) is 11.4. The van der Waals surface area contributed by atoms with E-state index in [-0.39, 0.29) is 0 Å². The lowest BCUT2D eigenvalue weighted by Crippen LogP contribution is -2.17. The molecule has 1 heterocycles. The van der Waals surface area contributed by atoms with Crippen molar-refractivity contribution < 1.29 is 0 Å². The Kier molecular flexibility index (Phi) is 2.58. The molecule has 0 nitrogen and oxygen atoms in total. The molecule has 1 aromatic carbocycles. The summed E-state index contributed by atoms with van der Waals surface area (Å²) >= 11 is 5.53. The van der Waals surface area contributed by atoms with E-state index in [2.05, 4.69) is 53.3 Å². The second-order valence-electron chi connectivity index (χ2n) is 3.46. The maximum Gasteiger partial charge on any atom is 0.0776 e. The summed E-state index contributed by atoms with van der Waals surface area (Å²) in [6.45, 7) is 4.75. The van der Waals surface area contributed by atoms with Crippen molar-refractivity contribution in [3.05, 3.63) is 28.7 Å². The van der Waals surface area contributed by atoms with Crippen LogP contribution in [0.1, 0.15) is 0 Å². The van der Waals surface area contributed by atoms with E-state index >= 15 is 0 Å². The van der Waals surface area contributed by atoms with Crippen molar-refractivity contribution in [3.8, 4) is 0 Å². The zero-order valence-corrected chi connectivity index (χ0v) is 11.2. The fourth-order valence-corrected chi connectivity index (χ4v) is 4.62. The van der Waals surface area contributed by atoms with E-state index in [1.54, 1.807) is 4.50 Å². The molecule has 0 saturated heterocycles. The Bertz CT molecular complexity index is 433. The Balaban J connectivity index is 2.68. The Morgan fingerprint density at radius 2 is 2.08 bits per heavy atom. The number of benzene rings is 1. The van der Waals surface area contributed by atoms with Gasteiger partial charge in [-0.1, -0.05) is 35.1 Å². The van der Waals surface area contributed by atoms with Gasteiger partial charge >= 0.3 is 0 Å². The molecule has 0 aliphatic heterocycles. The van der Waals surface area contributed by atoms with Crippen LogP contribution in [-0.4, -0.2) is 8.80 Å². The van der Waals surface area contributed by atoms with Crippen LogP contribution in [0, 0.1) is 0 Å². The Hall–Kier alpha value is -0.123. The van der Waals surface area contributed by atoms with Crippen LogP contribution in [0.25, 0.3) is 10.1 Å². The highest BCUT2D eigenvalue weighted by Gasteiger charge is 2.07. The van der Waals surface area contributed by atoms with Crippen molar-refractivity contribution in [1.29, 1.82) is 0 Å². The topological polar surface area (TPSA) is 0 Å². The van der Waals surface area contributed by atoms with Gasteiger partial charge in [-0.25, -0.2) is 0 Å². The molecule has 2 rings (SSSR count). The number of rotatable bonds is 1. The van der Waals surface area contributed by atoms with E-state index in [1.807, 2.05) is 11.3 Å². The molecule has 0 fully saturated rings. The quantitative estimate of drug-likeness (QED) is 0.698. The molecule has 0 spiro atoms. The number of halogens is 1. The lowest BCUT2D eigenvalue weighted by molar-refractivity contribution is 1.79. The molecular weight excluding hydrogens is 260 g/mol. The van der Waals surface area contributed by atoms with Gasteiger partial charge in [-0.15, -0.1) is 11.3 Å². The molecule has 13 heavy (non-hydrogen) atoms. The second-order valence-corrected chi connectivity index (χ2v) is 8.77. The van der Waals surface area contributed by atoms with E-state index < -0.39 is 8.80 Å². The van der Waals surface area contributed by atoms with E-state index in [1.165, 1.54) is 14.6 Å². The van der Waals surface area contributed by atoms with Gasteiger partial charge in [0.05, 0.1) is 8.80 Å². The van der Waals surface area contributed by atoms with Crippen LogP contribution in [0.5, 0.6) is 0 Å². The molecule has 0 amide bonds. The summed E-state index contributed by atoms with van der Waals surface area (Å²) in [5.41, 5.74) is 0. The molecule has 2 aromatic rings. The van der Waals surface area contributed by atoms with E-state index in [9.17, 15) is 0 Å². The predicted octanol–water partition coefficient (Wildman–Crippen LogP) is 3.36. The number of fused-ring (bicyclic) bond motifs is 1. The molecule has 0 radical (unpaired) electrons. The van der Waals surface area contributed by atoms with Crippen molar-refractivity contribution in [1.82, 2.24) is 0 Å². The van der Waals surface area contributed by atoms with Crippen molar-refractivity contribution in [2.24, 2.45) is 0 Å². The van der Waals surface area contributed by atoms with Crippen LogP contribution in [0.4, 0.5) is 0 Å². The van der Waals surface area contributed by atoms with Gasteiger partial charge in [-0.3, -0.25) is 0 Å². The molecule has 68 valence electrons. The molecular formula is C10H11BrSSi. The first kappa shape index (κ1) is 9.43. The third-order valence-electron chi connectivity index (χ3n) is 2.10. The zero-order valence-electron chi connectivity index (χ0n) is 7.67. The molecule has 0 N–H and O–H groups in total. The highest BCUT2D eigenvalue weighted by Crippen LogP contribution is 2.26. The van der Waals surface area contributed by atoms with Gasteiger partial charge in [0.1, 0.15) is 0 Å². The van der Waals surface area contributed by atoms with Crippen LogP contribution in [0.15, 0.2) is 28.7 Å². The molecule has 0 atom stereocenters. The van der Waals surface area contributed by atoms with Gasteiger partial charge in [0.2, 0.25) is 0 Å². The summed E-state index contributed by atoms with van der Waals surface area (Å²) in [6, 6.07) is 8.77. The van der Waals surface area contributed by atoms with Crippen molar-refractivity contribution in [2.75, 3.05) is 0 Å². The average molecular weight is 271 g/mol. The number of thiophene rings is 1. The molecule has 0 bridgehead atoms. The standard InChI is InChI=1S/C10H11BrSSi/c1-13(2)10-6-7-8(11)4-3-5-9(7)12-10/h3-6,13H,1-2H3. The number of hydrogen-bond acceptors (Lipinski definition) is 1. The summed E-state index contributed by atoms with van der Waals surface area (Å²) in [4.78, 5) is 0. The predicted molar refractivity (Wildman–Crippen MR) is 68.0 cm³/mol. The van der Waals surface area contributed by atoms with Crippen LogP contribution >= 0.6 is 27.3 Å². The lowest BCUT2D eigenvalue weighted by Gasteiger charge is -1.93. The van der Waals surface area contributed by atoms with Gasteiger partial charge < -0.3 is 0 Å². The van der Waals surface area contributed by atoms with Crippen molar-refractivity contribution >= 4 is 50.7 Å². The molecule has 0 aliphatic carbocycles. The Morgan fingerprint density at radius 3 is 2.69 bits per heavy atom. The Labute approximate surface area is 92.3 Å². The summed E-state index contributed by atoms with van der Waals surface area (Å²) in [5, 5.41) is 1.38. The molecule has 1 aromatic heterocycles. The van der Waals surface area contributed by atoms with Crippen LogP contribution in [0.3, 0.4) is 0 Å². The van der Waals surface area contributed by atoms with E-state index in [4.69, 9.17) is 0 Å². The first-order chi connectivity index (χ1) is 6.18. The van der Waals surface area contributed by atoms with Crippen LogP contribution in [0.2, 0.25) is 13.1 Å². The van der Waals surface area contributed by atoms with Gasteiger partial charge in [-0.2, -0.15) is 0 Å². The van der Waals surface area contributed by atoms with Crippen LogP contribution < -0.4 is 4.50 Å². The van der Waals surface area contributed by atoms with Crippen molar-refractivity contribution in [3.63, 3.8) is 0 Å². The van der Waals surface area contributed by atoms with E-state index in [0.29, 0.717) is 0 Å². The highest BCUT2D eigenvalue weighted by molar-refractivity contribution is 9.10. The minimum absolute atomic E-state index is 0.627. The van der Waals surface area contributed by atoms with Crippen molar-refractivity contribution in [2.45, 2.75) is 13.1 Å². The van der Waals surface area contributed by atoms with E-state index in [0.717, 1.165) is 0 Å². The average Bonchev–Trinajstić information content (AvgIpc) is 2.49. The summed E-state index contributed by atoms with van der Waals surface area (Å²) < 4.78 is 4.23. The maximum absolute atomic E-state index is 3.58. The molecule has 0 unspecified atom stereocenters. The van der Waals surface area contributed by atoms with Crippen LogP contribution in [-0.2, 0) is 0 Å². The first-order valence-corrected chi connectivity index (χ1v) is 8.86. The molecule has 0 aliphatic rings. The smallest absolute Gasteiger partial charge is 0.0776 e. The third kappa shape index (κ3) is 1.73. The Morgan fingerprint density at radius 1 is 1.31 bits per heavy atom. The first-order valence-electron chi connectivity index (χ1n) is 4.36.